The number of hydrogen-bond donors (Lipinski definition) is 1. The molecule has 1 aliphatic heterocycles. The highest BCUT2D eigenvalue weighted by atomic mass is 35.5. The molecule has 0 saturated heterocycles. The first-order chi connectivity index (χ1) is 9.61. The van der Waals surface area contributed by atoms with Gasteiger partial charge < -0.3 is 15.3 Å². The first-order valence-corrected chi connectivity index (χ1v) is 6.83. The zero-order chi connectivity index (χ0) is 14.6. The maximum atomic E-state index is 12.2. The molecule has 1 unspecified atom stereocenters. The molecule has 2 N–H and O–H groups in total. The summed E-state index contributed by atoms with van der Waals surface area (Å²) in [5.74, 6) is -0.438. The topological polar surface area (TPSA) is 73.9 Å². The lowest BCUT2D eigenvalue weighted by molar-refractivity contribution is -0.168. The Hall–Kier alpha value is -1.59. The van der Waals surface area contributed by atoms with Gasteiger partial charge >= 0.3 is 5.97 Å². The number of ether oxygens (including phenoxy) is 1. The summed E-state index contributed by atoms with van der Waals surface area (Å²) in [6, 6.07) is 7.32. The van der Waals surface area contributed by atoms with Gasteiger partial charge in [-0.15, -0.1) is 0 Å². The van der Waals surface area contributed by atoms with E-state index < -0.39 is 11.6 Å². The molecule has 1 aromatic rings. The maximum absolute atomic E-state index is 12.2. The number of nitrogens with two attached hydrogens (primary N) is 1. The third-order valence-corrected chi connectivity index (χ3v) is 3.52. The molecular weight excluding hydrogens is 280 g/mol. The van der Waals surface area contributed by atoms with Crippen molar-refractivity contribution in [1.82, 2.24) is 0 Å². The summed E-state index contributed by atoms with van der Waals surface area (Å²) in [6.07, 6.45) is 0.631. The first-order valence-electron chi connectivity index (χ1n) is 6.46. The summed E-state index contributed by atoms with van der Waals surface area (Å²) in [4.78, 5) is 17.6. The molecule has 2 rings (SSSR count). The van der Waals surface area contributed by atoms with Crippen molar-refractivity contribution < 1.29 is 14.4 Å². The Morgan fingerprint density at radius 3 is 2.90 bits per heavy atom. The lowest BCUT2D eigenvalue weighted by Gasteiger charge is -2.24. The van der Waals surface area contributed by atoms with E-state index in [0.717, 1.165) is 5.56 Å². The molecule has 0 bridgehead atoms. The van der Waals surface area contributed by atoms with Gasteiger partial charge in [0.05, 0.1) is 12.3 Å². The van der Waals surface area contributed by atoms with E-state index in [-0.39, 0.29) is 13.2 Å². The third-order valence-electron chi connectivity index (χ3n) is 3.16. The number of carbonyl (C=O) groups excluding carboxylic acids is 1. The van der Waals surface area contributed by atoms with E-state index in [9.17, 15) is 4.79 Å². The van der Waals surface area contributed by atoms with Crippen molar-refractivity contribution >= 4 is 23.3 Å². The van der Waals surface area contributed by atoms with E-state index in [4.69, 9.17) is 26.9 Å². The fraction of sp³-hybridized carbons (Fsp3) is 0.429. The second-order valence-corrected chi connectivity index (χ2v) is 5.02. The highest BCUT2D eigenvalue weighted by molar-refractivity contribution is 6.31. The second kappa shape index (κ2) is 6.24. The minimum atomic E-state index is -1.16. The van der Waals surface area contributed by atoms with Crippen LogP contribution in [0.3, 0.4) is 0 Å². The lowest BCUT2D eigenvalue weighted by Crippen LogP contribution is -2.43. The Bertz CT molecular complexity index is 533. The van der Waals surface area contributed by atoms with Crippen LogP contribution in [0.1, 0.15) is 18.9 Å². The number of oxime groups is 1. The van der Waals surface area contributed by atoms with E-state index in [1.807, 2.05) is 18.2 Å². The highest BCUT2D eigenvalue weighted by Crippen LogP contribution is 2.32. The molecule has 5 nitrogen and oxygen atoms in total. The summed E-state index contributed by atoms with van der Waals surface area (Å²) in [5, 5.41) is 4.47. The fourth-order valence-electron chi connectivity index (χ4n) is 2.14. The van der Waals surface area contributed by atoms with Crippen LogP contribution in [0.2, 0.25) is 5.02 Å². The molecule has 1 aliphatic rings. The van der Waals surface area contributed by atoms with Gasteiger partial charge in [0.1, 0.15) is 0 Å². The number of carbonyl (C=O) groups is 1. The molecule has 1 atom stereocenters. The largest absolute Gasteiger partial charge is 0.463 e. The highest BCUT2D eigenvalue weighted by Gasteiger charge is 2.48. The zero-order valence-electron chi connectivity index (χ0n) is 11.3. The van der Waals surface area contributed by atoms with E-state index in [0.29, 0.717) is 23.6 Å². The van der Waals surface area contributed by atoms with Crippen molar-refractivity contribution in [3.63, 3.8) is 0 Å². The minimum absolute atomic E-state index is 0.254. The van der Waals surface area contributed by atoms with Crippen molar-refractivity contribution in [2.45, 2.75) is 25.4 Å². The summed E-state index contributed by atoms with van der Waals surface area (Å²) >= 11 is 6.15. The Kier molecular flexibility index (Phi) is 4.62. The molecule has 0 aromatic heterocycles. The number of rotatable bonds is 5. The monoisotopic (exact) mass is 296 g/mol. The van der Waals surface area contributed by atoms with Crippen molar-refractivity contribution in [2.75, 3.05) is 13.2 Å². The SMILES string of the molecule is CCOC(=O)C1(Cc2ccccc2Cl)CC(CN)=NO1. The van der Waals surface area contributed by atoms with Gasteiger partial charge in [-0.05, 0) is 18.6 Å². The Labute approximate surface area is 122 Å². The molecule has 108 valence electrons. The minimum Gasteiger partial charge on any atom is -0.463 e. The number of benzene rings is 1. The van der Waals surface area contributed by atoms with Gasteiger partial charge in [0.2, 0.25) is 5.60 Å². The van der Waals surface area contributed by atoms with Gasteiger partial charge in [-0.25, -0.2) is 4.79 Å². The molecule has 1 aromatic carbocycles. The molecule has 1 heterocycles. The van der Waals surface area contributed by atoms with Crippen LogP contribution in [0.15, 0.2) is 29.4 Å². The molecule has 0 fully saturated rings. The summed E-state index contributed by atoms with van der Waals surface area (Å²) in [7, 11) is 0. The van der Waals surface area contributed by atoms with Crippen LogP contribution < -0.4 is 5.73 Å². The molecule has 0 aliphatic carbocycles. The van der Waals surface area contributed by atoms with Crippen LogP contribution in [0.5, 0.6) is 0 Å². The zero-order valence-corrected chi connectivity index (χ0v) is 12.0. The molecule has 20 heavy (non-hydrogen) atoms. The number of esters is 1. The molecular formula is C14H17ClN2O3. The first kappa shape index (κ1) is 14.8. The van der Waals surface area contributed by atoms with Crippen molar-refractivity contribution in [1.29, 1.82) is 0 Å². The van der Waals surface area contributed by atoms with Crippen LogP contribution >= 0.6 is 11.6 Å². The quantitative estimate of drug-likeness (QED) is 0.843. The van der Waals surface area contributed by atoms with Gasteiger partial charge in [-0.3, -0.25) is 0 Å². The van der Waals surface area contributed by atoms with E-state index in [1.54, 1.807) is 13.0 Å². The summed E-state index contributed by atoms with van der Waals surface area (Å²) in [6.45, 7) is 2.29. The van der Waals surface area contributed by atoms with Gasteiger partial charge in [0.15, 0.2) is 0 Å². The van der Waals surface area contributed by atoms with Gasteiger partial charge in [0, 0.05) is 24.4 Å². The predicted octanol–water partition coefficient (Wildman–Crippen LogP) is 1.92. The number of halogens is 1. The van der Waals surface area contributed by atoms with E-state index in [2.05, 4.69) is 5.16 Å². The standard InChI is InChI=1S/C14H17ClN2O3/c1-2-19-13(18)14(8-11(9-16)17-20-14)7-10-5-3-4-6-12(10)15/h3-6H,2,7-9,16H2,1H3. The van der Waals surface area contributed by atoms with Crippen molar-refractivity contribution in [3.8, 4) is 0 Å². The Balaban J connectivity index is 2.25. The second-order valence-electron chi connectivity index (χ2n) is 4.61. The number of hydrogen-bond acceptors (Lipinski definition) is 5. The Morgan fingerprint density at radius 1 is 1.55 bits per heavy atom. The Morgan fingerprint density at radius 2 is 2.30 bits per heavy atom. The van der Waals surface area contributed by atoms with Gasteiger partial charge in [-0.1, -0.05) is 35.0 Å². The number of nitrogens with zero attached hydrogens (tertiary/aromatic N) is 1. The van der Waals surface area contributed by atoms with Crippen LogP contribution in [0.4, 0.5) is 0 Å². The molecule has 0 spiro atoms. The van der Waals surface area contributed by atoms with E-state index >= 15 is 0 Å². The third kappa shape index (κ3) is 2.94. The normalized spacial score (nSPS) is 21.2. The smallest absolute Gasteiger partial charge is 0.354 e. The molecule has 0 amide bonds. The molecule has 6 heteroatoms. The van der Waals surface area contributed by atoms with E-state index in [1.165, 1.54) is 0 Å². The lowest BCUT2D eigenvalue weighted by atomic mass is 9.89. The van der Waals surface area contributed by atoms with Gasteiger partial charge in [-0.2, -0.15) is 0 Å². The van der Waals surface area contributed by atoms with Crippen LogP contribution in [-0.2, 0) is 20.8 Å². The molecule has 0 saturated carbocycles. The van der Waals surface area contributed by atoms with Crippen LogP contribution in [0, 0.1) is 0 Å². The van der Waals surface area contributed by atoms with Gasteiger partial charge in [0.25, 0.3) is 0 Å². The summed E-state index contributed by atoms with van der Waals surface area (Å²) < 4.78 is 5.11. The molecule has 0 radical (unpaired) electrons. The average molecular weight is 297 g/mol. The summed E-state index contributed by atoms with van der Waals surface area (Å²) in [5.41, 5.74) is 5.87. The maximum Gasteiger partial charge on any atom is 0.354 e. The van der Waals surface area contributed by atoms with Crippen molar-refractivity contribution in [2.24, 2.45) is 10.9 Å². The average Bonchev–Trinajstić information content (AvgIpc) is 2.86. The fourth-order valence-corrected chi connectivity index (χ4v) is 2.35. The van der Waals surface area contributed by atoms with Crippen molar-refractivity contribution in [3.05, 3.63) is 34.9 Å². The van der Waals surface area contributed by atoms with Crippen LogP contribution in [-0.4, -0.2) is 30.4 Å². The van der Waals surface area contributed by atoms with Crippen LogP contribution in [0.25, 0.3) is 0 Å². The predicted molar refractivity (Wildman–Crippen MR) is 76.7 cm³/mol.